The second-order valence-corrected chi connectivity index (χ2v) is 4.91. The van der Waals surface area contributed by atoms with Crippen molar-refractivity contribution in [3.63, 3.8) is 0 Å². The third kappa shape index (κ3) is 2.71. The maximum absolute atomic E-state index is 5.86. The van der Waals surface area contributed by atoms with Crippen molar-refractivity contribution in [1.82, 2.24) is 4.90 Å². The quantitative estimate of drug-likeness (QED) is 0.749. The van der Waals surface area contributed by atoms with Gasteiger partial charge in [0, 0.05) is 6.04 Å². The molecule has 2 N–H and O–H groups in total. The minimum absolute atomic E-state index is 0.730. The van der Waals surface area contributed by atoms with E-state index in [-0.39, 0.29) is 0 Å². The molecule has 84 valence electrons. The van der Waals surface area contributed by atoms with E-state index in [1.165, 1.54) is 32.4 Å². The van der Waals surface area contributed by atoms with E-state index in [4.69, 9.17) is 5.73 Å². The number of hydrogen-bond donors (Lipinski definition) is 1. The van der Waals surface area contributed by atoms with E-state index >= 15 is 0 Å². The summed E-state index contributed by atoms with van der Waals surface area (Å²) in [5, 5.41) is 0. The van der Waals surface area contributed by atoms with E-state index in [0.717, 1.165) is 24.4 Å². The van der Waals surface area contributed by atoms with Crippen LogP contribution in [0, 0.1) is 11.8 Å². The molecule has 0 spiro atoms. The Labute approximate surface area is 88.8 Å². The molecule has 2 nitrogen and oxygen atoms in total. The zero-order chi connectivity index (χ0) is 10.6. The Bertz CT molecular complexity index is 154. The zero-order valence-electron chi connectivity index (χ0n) is 10.00. The van der Waals surface area contributed by atoms with Crippen molar-refractivity contribution in [3.05, 3.63) is 0 Å². The summed E-state index contributed by atoms with van der Waals surface area (Å²) in [5.41, 5.74) is 5.86. The zero-order valence-corrected chi connectivity index (χ0v) is 10.00. The normalized spacial score (nSPS) is 29.8. The molecule has 1 heterocycles. The number of hydrogen-bond acceptors (Lipinski definition) is 2. The lowest BCUT2D eigenvalue weighted by atomic mass is 9.82. The molecule has 0 aliphatic carbocycles. The predicted molar refractivity (Wildman–Crippen MR) is 62.3 cm³/mol. The highest BCUT2D eigenvalue weighted by atomic mass is 15.2. The molecule has 0 unspecified atom stereocenters. The first-order chi connectivity index (χ1) is 6.70. The highest BCUT2D eigenvalue weighted by Gasteiger charge is 2.31. The van der Waals surface area contributed by atoms with Crippen molar-refractivity contribution in [2.45, 2.75) is 46.1 Å². The molecule has 0 aromatic carbocycles. The highest BCUT2D eigenvalue weighted by Crippen LogP contribution is 2.28. The molecule has 0 bridgehead atoms. The molecule has 0 amide bonds. The topological polar surface area (TPSA) is 29.3 Å². The molecular weight excluding hydrogens is 172 g/mol. The number of likely N-dealkylation sites (tertiary alicyclic amines) is 1. The Morgan fingerprint density at radius 3 is 2.64 bits per heavy atom. The minimum Gasteiger partial charge on any atom is -0.330 e. The predicted octanol–water partition coefficient (Wildman–Crippen LogP) is 2.09. The van der Waals surface area contributed by atoms with Gasteiger partial charge in [0.25, 0.3) is 0 Å². The van der Waals surface area contributed by atoms with Gasteiger partial charge >= 0.3 is 0 Å². The van der Waals surface area contributed by atoms with Crippen LogP contribution in [0.2, 0.25) is 0 Å². The molecule has 0 radical (unpaired) electrons. The van der Waals surface area contributed by atoms with Crippen molar-refractivity contribution < 1.29 is 0 Å². The summed E-state index contributed by atoms with van der Waals surface area (Å²) in [4.78, 5) is 2.66. The van der Waals surface area contributed by atoms with Crippen LogP contribution < -0.4 is 5.73 Å². The van der Waals surface area contributed by atoms with E-state index in [2.05, 4.69) is 25.7 Å². The minimum atomic E-state index is 0.730. The summed E-state index contributed by atoms with van der Waals surface area (Å²) in [6.07, 6.45) is 3.94. The molecule has 0 aromatic heterocycles. The lowest BCUT2D eigenvalue weighted by Gasteiger charge is -2.43. The lowest BCUT2D eigenvalue weighted by Crippen LogP contribution is -2.50. The summed E-state index contributed by atoms with van der Waals surface area (Å²) >= 11 is 0. The van der Waals surface area contributed by atoms with Gasteiger partial charge < -0.3 is 5.73 Å². The van der Waals surface area contributed by atoms with Crippen LogP contribution in [0.4, 0.5) is 0 Å². The molecule has 1 rings (SSSR count). The van der Waals surface area contributed by atoms with Crippen molar-refractivity contribution in [2.75, 3.05) is 19.6 Å². The number of rotatable bonds is 4. The molecular formula is C12H26N2. The van der Waals surface area contributed by atoms with Gasteiger partial charge in [-0.2, -0.15) is 0 Å². The standard InChI is InChI=1S/C12H26N2/c1-4-7-14-8-5-6-11(9-13)12(14)10(2)3/h10-12H,4-9,13H2,1-3H3/t11-,12-/m1/s1. The second-order valence-electron chi connectivity index (χ2n) is 4.91. The van der Waals surface area contributed by atoms with Crippen LogP contribution in [0.15, 0.2) is 0 Å². The van der Waals surface area contributed by atoms with E-state index in [0.29, 0.717) is 0 Å². The van der Waals surface area contributed by atoms with Gasteiger partial charge in [0.2, 0.25) is 0 Å². The Morgan fingerprint density at radius 1 is 1.43 bits per heavy atom. The second kappa shape index (κ2) is 5.72. The number of nitrogens with two attached hydrogens (primary N) is 1. The monoisotopic (exact) mass is 198 g/mol. The summed E-state index contributed by atoms with van der Waals surface area (Å²) in [5.74, 6) is 1.48. The summed E-state index contributed by atoms with van der Waals surface area (Å²) in [6, 6.07) is 0.730. The molecule has 0 saturated carbocycles. The van der Waals surface area contributed by atoms with Crippen molar-refractivity contribution >= 4 is 0 Å². The third-order valence-electron chi connectivity index (χ3n) is 3.42. The Balaban J connectivity index is 2.62. The maximum atomic E-state index is 5.86. The van der Waals surface area contributed by atoms with Crippen LogP contribution in [0.5, 0.6) is 0 Å². The third-order valence-corrected chi connectivity index (χ3v) is 3.42. The smallest absolute Gasteiger partial charge is 0.0158 e. The van der Waals surface area contributed by atoms with Gasteiger partial charge in [0.05, 0.1) is 0 Å². The highest BCUT2D eigenvalue weighted by molar-refractivity contribution is 4.86. The van der Waals surface area contributed by atoms with E-state index in [9.17, 15) is 0 Å². The van der Waals surface area contributed by atoms with Gasteiger partial charge in [-0.15, -0.1) is 0 Å². The van der Waals surface area contributed by atoms with E-state index in [1.807, 2.05) is 0 Å². The Morgan fingerprint density at radius 2 is 2.14 bits per heavy atom. The van der Waals surface area contributed by atoms with Gasteiger partial charge in [-0.3, -0.25) is 4.90 Å². The van der Waals surface area contributed by atoms with Gasteiger partial charge in [0.1, 0.15) is 0 Å². The fourth-order valence-electron chi connectivity index (χ4n) is 2.95. The average molecular weight is 198 g/mol. The van der Waals surface area contributed by atoms with Gasteiger partial charge in [0.15, 0.2) is 0 Å². The Kier molecular flexibility index (Phi) is 4.90. The summed E-state index contributed by atoms with van der Waals surface area (Å²) in [6.45, 7) is 10.3. The van der Waals surface area contributed by atoms with Crippen LogP contribution in [-0.4, -0.2) is 30.6 Å². The summed E-state index contributed by atoms with van der Waals surface area (Å²) in [7, 11) is 0. The molecule has 1 aliphatic heterocycles. The number of nitrogens with zero attached hydrogens (tertiary/aromatic N) is 1. The molecule has 14 heavy (non-hydrogen) atoms. The van der Waals surface area contributed by atoms with Crippen LogP contribution in [-0.2, 0) is 0 Å². The first-order valence-electron chi connectivity index (χ1n) is 6.14. The van der Waals surface area contributed by atoms with E-state index < -0.39 is 0 Å². The van der Waals surface area contributed by atoms with Crippen LogP contribution in [0.1, 0.15) is 40.0 Å². The fourth-order valence-corrected chi connectivity index (χ4v) is 2.95. The van der Waals surface area contributed by atoms with Crippen molar-refractivity contribution in [1.29, 1.82) is 0 Å². The van der Waals surface area contributed by atoms with E-state index in [1.54, 1.807) is 0 Å². The molecule has 2 atom stereocenters. The summed E-state index contributed by atoms with van der Waals surface area (Å²) < 4.78 is 0. The molecule has 2 heteroatoms. The first kappa shape index (κ1) is 12.0. The van der Waals surface area contributed by atoms with Gasteiger partial charge in [-0.25, -0.2) is 0 Å². The molecule has 0 aromatic rings. The first-order valence-corrected chi connectivity index (χ1v) is 6.14. The van der Waals surface area contributed by atoms with Crippen LogP contribution in [0.25, 0.3) is 0 Å². The average Bonchev–Trinajstić information content (AvgIpc) is 2.17. The van der Waals surface area contributed by atoms with Crippen LogP contribution >= 0.6 is 0 Å². The Hall–Kier alpha value is -0.0800. The van der Waals surface area contributed by atoms with Crippen molar-refractivity contribution in [3.8, 4) is 0 Å². The van der Waals surface area contributed by atoms with Crippen molar-refractivity contribution in [2.24, 2.45) is 17.6 Å². The maximum Gasteiger partial charge on any atom is 0.0158 e. The van der Waals surface area contributed by atoms with Crippen LogP contribution in [0.3, 0.4) is 0 Å². The largest absolute Gasteiger partial charge is 0.330 e. The lowest BCUT2D eigenvalue weighted by molar-refractivity contribution is 0.0634. The molecule has 1 fully saturated rings. The molecule has 1 saturated heterocycles. The van der Waals surface area contributed by atoms with Gasteiger partial charge in [-0.1, -0.05) is 20.8 Å². The number of piperidine rings is 1. The fraction of sp³-hybridized carbons (Fsp3) is 1.00. The SMILES string of the molecule is CCCN1CCC[C@H](CN)[C@H]1C(C)C. The molecule has 1 aliphatic rings. The van der Waals surface area contributed by atoms with Gasteiger partial charge in [-0.05, 0) is 50.7 Å².